The van der Waals surface area contributed by atoms with Crippen LogP contribution in [0.3, 0.4) is 0 Å². The second-order valence-electron chi connectivity index (χ2n) is 9.53. The minimum absolute atomic E-state index is 0.0437. The summed E-state index contributed by atoms with van der Waals surface area (Å²) in [6.45, 7) is 13.6. The maximum atomic E-state index is 5.68. The summed E-state index contributed by atoms with van der Waals surface area (Å²) in [6, 6.07) is 9.32. The molecule has 1 aliphatic heterocycles. The van der Waals surface area contributed by atoms with E-state index in [1.165, 1.54) is 31.2 Å². The van der Waals surface area contributed by atoms with Gasteiger partial charge in [-0.2, -0.15) is 0 Å². The summed E-state index contributed by atoms with van der Waals surface area (Å²) in [7, 11) is 0. The number of ether oxygens (including phenoxy) is 1. The van der Waals surface area contributed by atoms with Gasteiger partial charge in [-0.1, -0.05) is 31.9 Å². The summed E-state index contributed by atoms with van der Waals surface area (Å²) in [5, 5.41) is 13.1. The van der Waals surface area contributed by atoms with Crippen LogP contribution in [0.15, 0.2) is 24.3 Å². The van der Waals surface area contributed by atoms with Crippen molar-refractivity contribution in [2.75, 3.05) is 32.8 Å². The molecule has 1 saturated carbocycles. The zero-order valence-electron chi connectivity index (χ0n) is 19.6. The SMILES string of the molecule is CCOc1ccc(C(c2nnnn2C(C)(C)CC)N2CCN(C3CCCC3)CC2)cc1. The van der Waals surface area contributed by atoms with Crippen LogP contribution >= 0.6 is 0 Å². The quantitative estimate of drug-likeness (QED) is 0.639. The molecule has 2 aromatic rings. The Morgan fingerprint density at radius 3 is 2.32 bits per heavy atom. The Bertz CT molecular complexity index is 819. The standard InChI is InChI=1S/C24H38N6O/c1-5-24(3,4)30-23(25-26-27-30)22(19-11-13-21(14-12-19)31-6-2)29-17-15-28(16-18-29)20-9-7-8-10-20/h11-14,20,22H,5-10,15-18H2,1-4H3. The highest BCUT2D eigenvalue weighted by Crippen LogP contribution is 2.33. The van der Waals surface area contributed by atoms with Crippen LogP contribution < -0.4 is 4.74 Å². The Morgan fingerprint density at radius 2 is 1.71 bits per heavy atom. The summed E-state index contributed by atoms with van der Waals surface area (Å²) in [5.74, 6) is 1.84. The molecule has 0 amide bonds. The highest BCUT2D eigenvalue weighted by atomic mass is 16.5. The molecule has 2 aliphatic rings. The first-order valence-electron chi connectivity index (χ1n) is 12.0. The number of rotatable bonds is 8. The van der Waals surface area contributed by atoms with E-state index in [9.17, 15) is 0 Å². The Morgan fingerprint density at radius 1 is 1.03 bits per heavy atom. The molecule has 7 heteroatoms. The predicted octanol–water partition coefficient (Wildman–Crippen LogP) is 3.87. The van der Waals surface area contributed by atoms with E-state index in [1.807, 2.05) is 11.6 Å². The molecule has 1 unspecified atom stereocenters. The smallest absolute Gasteiger partial charge is 0.173 e. The second-order valence-corrected chi connectivity index (χ2v) is 9.53. The van der Waals surface area contributed by atoms with Crippen molar-refractivity contribution in [2.24, 2.45) is 0 Å². The molecule has 1 aromatic carbocycles. The van der Waals surface area contributed by atoms with Crippen LogP contribution in [0.25, 0.3) is 0 Å². The summed E-state index contributed by atoms with van der Waals surface area (Å²) >= 11 is 0. The lowest BCUT2D eigenvalue weighted by Gasteiger charge is -2.41. The molecular weight excluding hydrogens is 388 g/mol. The summed E-state index contributed by atoms with van der Waals surface area (Å²) in [4.78, 5) is 5.27. The lowest BCUT2D eigenvalue weighted by molar-refractivity contribution is 0.0751. The third-order valence-electron chi connectivity index (χ3n) is 7.24. The highest BCUT2D eigenvalue weighted by Gasteiger charge is 2.35. The topological polar surface area (TPSA) is 59.3 Å². The predicted molar refractivity (Wildman–Crippen MR) is 122 cm³/mol. The lowest BCUT2D eigenvalue weighted by Crippen LogP contribution is -2.51. The van der Waals surface area contributed by atoms with Gasteiger partial charge in [0.1, 0.15) is 5.75 Å². The number of aromatic nitrogens is 4. The number of hydrogen-bond acceptors (Lipinski definition) is 6. The van der Waals surface area contributed by atoms with Crippen LogP contribution in [0.5, 0.6) is 5.75 Å². The molecule has 7 nitrogen and oxygen atoms in total. The molecule has 31 heavy (non-hydrogen) atoms. The Labute approximate surface area is 186 Å². The maximum Gasteiger partial charge on any atom is 0.173 e. The van der Waals surface area contributed by atoms with E-state index < -0.39 is 0 Å². The monoisotopic (exact) mass is 426 g/mol. The Kier molecular flexibility index (Phi) is 6.92. The van der Waals surface area contributed by atoms with Gasteiger partial charge in [0.2, 0.25) is 0 Å². The molecule has 1 saturated heterocycles. The summed E-state index contributed by atoms with van der Waals surface area (Å²) < 4.78 is 7.72. The van der Waals surface area contributed by atoms with E-state index >= 15 is 0 Å². The number of piperazine rings is 1. The average Bonchev–Trinajstić information content (AvgIpc) is 3.49. The third kappa shape index (κ3) is 4.77. The molecule has 0 bridgehead atoms. The highest BCUT2D eigenvalue weighted by molar-refractivity contribution is 5.32. The normalized spacial score (nSPS) is 20.3. The third-order valence-corrected chi connectivity index (χ3v) is 7.24. The Hall–Kier alpha value is -1.99. The van der Waals surface area contributed by atoms with Gasteiger partial charge in [-0.15, -0.1) is 5.10 Å². The van der Waals surface area contributed by atoms with Gasteiger partial charge in [0.05, 0.1) is 18.2 Å². The molecule has 170 valence electrons. The molecule has 2 heterocycles. The van der Waals surface area contributed by atoms with Gasteiger partial charge in [0.15, 0.2) is 5.82 Å². The first-order valence-corrected chi connectivity index (χ1v) is 12.0. The maximum absolute atomic E-state index is 5.68. The molecule has 1 atom stereocenters. The van der Waals surface area contributed by atoms with Crippen LogP contribution in [-0.2, 0) is 5.54 Å². The molecule has 0 spiro atoms. The Balaban J connectivity index is 1.62. The van der Waals surface area contributed by atoms with Crippen LogP contribution in [0, 0.1) is 0 Å². The molecule has 1 aromatic heterocycles. The first kappa shape index (κ1) is 22.2. The van der Waals surface area contributed by atoms with E-state index in [2.05, 4.69) is 70.4 Å². The largest absolute Gasteiger partial charge is 0.494 e. The van der Waals surface area contributed by atoms with Crippen molar-refractivity contribution in [3.63, 3.8) is 0 Å². The van der Waals surface area contributed by atoms with Crippen molar-refractivity contribution in [1.29, 1.82) is 0 Å². The van der Waals surface area contributed by atoms with Crippen LogP contribution in [0.4, 0.5) is 0 Å². The number of tetrazole rings is 1. The fourth-order valence-electron chi connectivity index (χ4n) is 5.01. The van der Waals surface area contributed by atoms with Gasteiger partial charge in [-0.3, -0.25) is 9.80 Å². The molecule has 1 aliphatic carbocycles. The molecule has 0 radical (unpaired) electrons. The van der Waals surface area contributed by atoms with Crippen molar-refractivity contribution in [1.82, 2.24) is 30.0 Å². The number of hydrogen-bond donors (Lipinski definition) is 0. The number of nitrogens with zero attached hydrogens (tertiary/aromatic N) is 6. The lowest BCUT2D eigenvalue weighted by atomic mass is 9.99. The van der Waals surface area contributed by atoms with Gasteiger partial charge >= 0.3 is 0 Å². The zero-order valence-corrected chi connectivity index (χ0v) is 19.6. The van der Waals surface area contributed by atoms with E-state index in [0.717, 1.165) is 50.2 Å². The van der Waals surface area contributed by atoms with Gasteiger partial charge in [0, 0.05) is 32.2 Å². The molecule has 4 rings (SSSR count). The first-order chi connectivity index (χ1) is 15.0. The second kappa shape index (κ2) is 9.65. The van der Waals surface area contributed by atoms with Crippen molar-refractivity contribution in [3.05, 3.63) is 35.7 Å². The number of benzene rings is 1. The molecular formula is C24H38N6O. The van der Waals surface area contributed by atoms with E-state index in [0.29, 0.717) is 6.61 Å². The van der Waals surface area contributed by atoms with E-state index in [4.69, 9.17) is 4.74 Å². The fourth-order valence-corrected chi connectivity index (χ4v) is 5.01. The minimum atomic E-state index is -0.131. The van der Waals surface area contributed by atoms with Gasteiger partial charge < -0.3 is 4.74 Å². The van der Waals surface area contributed by atoms with Crippen molar-refractivity contribution >= 4 is 0 Å². The van der Waals surface area contributed by atoms with Crippen molar-refractivity contribution < 1.29 is 4.74 Å². The zero-order chi connectivity index (χ0) is 21.8. The van der Waals surface area contributed by atoms with Gasteiger partial charge in [0.25, 0.3) is 0 Å². The average molecular weight is 427 g/mol. The van der Waals surface area contributed by atoms with Crippen LogP contribution in [0.2, 0.25) is 0 Å². The van der Waals surface area contributed by atoms with Crippen molar-refractivity contribution in [2.45, 2.75) is 77.4 Å². The van der Waals surface area contributed by atoms with Gasteiger partial charge in [-0.25, -0.2) is 4.68 Å². The van der Waals surface area contributed by atoms with E-state index in [1.54, 1.807) is 0 Å². The molecule has 0 N–H and O–H groups in total. The van der Waals surface area contributed by atoms with Gasteiger partial charge in [-0.05, 0) is 68.2 Å². The van der Waals surface area contributed by atoms with Crippen LogP contribution in [-0.4, -0.2) is 68.8 Å². The van der Waals surface area contributed by atoms with Crippen LogP contribution in [0.1, 0.15) is 77.2 Å². The summed E-state index contributed by atoms with van der Waals surface area (Å²) in [5.41, 5.74) is 1.09. The summed E-state index contributed by atoms with van der Waals surface area (Å²) in [6.07, 6.45) is 6.48. The van der Waals surface area contributed by atoms with Crippen molar-refractivity contribution in [3.8, 4) is 5.75 Å². The van der Waals surface area contributed by atoms with E-state index in [-0.39, 0.29) is 11.6 Å². The fraction of sp³-hybridized carbons (Fsp3) is 0.708. The minimum Gasteiger partial charge on any atom is -0.494 e. The molecule has 2 fully saturated rings.